The Kier molecular flexibility index (Phi) is 30.7. The third-order valence-electron chi connectivity index (χ3n) is 4.20. The van der Waals surface area contributed by atoms with Crippen molar-refractivity contribution in [2.24, 2.45) is 5.41 Å². The minimum atomic E-state index is -0.808. The van der Waals surface area contributed by atoms with E-state index < -0.39 is 23.0 Å². The summed E-state index contributed by atoms with van der Waals surface area (Å²) in [5, 5.41) is 0. The summed E-state index contributed by atoms with van der Waals surface area (Å²) < 4.78 is 25.3. The van der Waals surface area contributed by atoms with Crippen LogP contribution in [0.25, 0.3) is 0 Å². The van der Waals surface area contributed by atoms with Gasteiger partial charge < -0.3 is 4.79 Å². The van der Waals surface area contributed by atoms with Gasteiger partial charge >= 0.3 is 0 Å². The molecule has 1 rings (SSSR count). The van der Waals surface area contributed by atoms with Crippen molar-refractivity contribution in [2.75, 3.05) is 0 Å². The van der Waals surface area contributed by atoms with Crippen molar-refractivity contribution in [3.63, 3.8) is 0 Å². The minimum Gasteiger partial charge on any atom is -0.307 e. The fourth-order valence-electron chi connectivity index (χ4n) is 2.12. The van der Waals surface area contributed by atoms with E-state index in [1.807, 2.05) is 13.7 Å². The average molecular weight is 481 g/mol. The Morgan fingerprint density at radius 1 is 0.882 bits per heavy atom. The maximum atomic E-state index is 12.6. The Bertz CT molecular complexity index is 672. The number of carbonyl (C=O) groups is 2. The van der Waals surface area contributed by atoms with Crippen LogP contribution >= 0.6 is 0 Å². The van der Waals surface area contributed by atoms with E-state index in [0.717, 1.165) is 19.1 Å². The Balaban J connectivity index is -0.000000187. The molecule has 0 fully saturated rings. The highest BCUT2D eigenvalue weighted by Crippen LogP contribution is 2.26. The molecule has 1 aromatic carbocycles. The highest BCUT2D eigenvalue weighted by molar-refractivity contribution is 5.94. The molecule has 0 aliphatic rings. The summed E-state index contributed by atoms with van der Waals surface area (Å²) in [6, 6.07) is 3.33. The van der Waals surface area contributed by atoms with Crippen molar-refractivity contribution in [2.45, 2.75) is 101 Å². The van der Waals surface area contributed by atoms with Crippen LogP contribution < -0.4 is 0 Å². The smallest absolute Gasteiger partial charge is 0.165 e. The summed E-state index contributed by atoms with van der Waals surface area (Å²) in [6.07, 6.45) is 17.3. The molecule has 0 spiro atoms. The zero-order chi connectivity index (χ0) is 27.6. The van der Waals surface area contributed by atoms with E-state index in [1.165, 1.54) is 43.7 Å². The van der Waals surface area contributed by atoms with E-state index in [4.69, 9.17) is 4.79 Å². The van der Waals surface area contributed by atoms with E-state index in [2.05, 4.69) is 85.8 Å². The van der Waals surface area contributed by atoms with Crippen molar-refractivity contribution in [3.05, 3.63) is 71.4 Å². The molecule has 0 radical (unpaired) electrons. The van der Waals surface area contributed by atoms with Gasteiger partial charge in [-0.05, 0) is 43.9 Å². The summed E-state index contributed by atoms with van der Waals surface area (Å²) in [5.74, 6) is -2.21. The van der Waals surface area contributed by atoms with Crippen molar-refractivity contribution in [3.8, 4) is 0 Å². The predicted molar refractivity (Wildman–Crippen MR) is 146 cm³/mol. The molecule has 0 heterocycles. The fourth-order valence-corrected chi connectivity index (χ4v) is 2.12. The standard InChI is InChI=1S/C12H20.C8H6F2O.C5H12.C4H10.CH2O/c1-6-8-10-11(9-7-2)12(3,4)5;1-5(11)8-6(9)3-2-4-7(8)10;1-3-5-4-2;1-3-4-2;1-2/h6-10H,1-5H3;2-4H,1H3;3-5H2,1-2H3;3-4H2,1-2H3;1H2/b8-6+,9-7-,11-10+;;;;. The van der Waals surface area contributed by atoms with Gasteiger partial charge in [0, 0.05) is 0 Å². The zero-order valence-electron chi connectivity index (χ0n) is 23.4. The van der Waals surface area contributed by atoms with Crippen LogP contribution in [0.1, 0.15) is 112 Å². The van der Waals surface area contributed by atoms with Gasteiger partial charge in [0.25, 0.3) is 0 Å². The third kappa shape index (κ3) is 24.3. The number of allylic oxidation sites excluding steroid dienone is 6. The maximum absolute atomic E-state index is 12.6. The molecule has 0 saturated heterocycles. The van der Waals surface area contributed by atoms with E-state index in [9.17, 15) is 13.6 Å². The zero-order valence-corrected chi connectivity index (χ0v) is 23.4. The molecule has 34 heavy (non-hydrogen) atoms. The lowest BCUT2D eigenvalue weighted by Gasteiger charge is -2.19. The van der Waals surface area contributed by atoms with Crippen molar-refractivity contribution in [1.82, 2.24) is 0 Å². The third-order valence-corrected chi connectivity index (χ3v) is 4.20. The van der Waals surface area contributed by atoms with E-state index in [-0.39, 0.29) is 5.41 Å². The number of halogens is 2. The molecule has 0 bridgehead atoms. The molecule has 0 aliphatic heterocycles. The van der Waals surface area contributed by atoms with Crippen LogP contribution in [0.2, 0.25) is 0 Å². The van der Waals surface area contributed by atoms with Crippen molar-refractivity contribution < 1.29 is 18.4 Å². The average Bonchev–Trinajstić information content (AvgIpc) is 2.78. The molecule has 0 atom stereocenters. The summed E-state index contributed by atoms with van der Waals surface area (Å²) >= 11 is 0. The van der Waals surface area contributed by atoms with Gasteiger partial charge in [-0.3, -0.25) is 4.79 Å². The first-order valence-corrected chi connectivity index (χ1v) is 12.2. The van der Waals surface area contributed by atoms with Gasteiger partial charge in [0.2, 0.25) is 0 Å². The molecule has 1 aromatic rings. The number of hydrogen-bond acceptors (Lipinski definition) is 2. The van der Waals surface area contributed by atoms with E-state index in [0.29, 0.717) is 0 Å². The van der Waals surface area contributed by atoms with Gasteiger partial charge in [0.1, 0.15) is 18.4 Å². The summed E-state index contributed by atoms with van der Waals surface area (Å²) in [7, 11) is 0. The molecule has 0 unspecified atom stereocenters. The first-order valence-electron chi connectivity index (χ1n) is 12.2. The molecular weight excluding hydrogens is 430 g/mol. The molecule has 0 aliphatic carbocycles. The number of carbonyl (C=O) groups excluding carboxylic acids is 2. The molecule has 4 heteroatoms. The Hall–Kier alpha value is -2.36. The highest BCUT2D eigenvalue weighted by atomic mass is 19.1. The first kappa shape index (κ1) is 38.9. The number of Topliss-reactive ketones (excluding diaryl/α,β-unsaturated/α-hetero) is 1. The maximum Gasteiger partial charge on any atom is 0.165 e. The molecule has 0 N–H and O–H groups in total. The molecule has 0 saturated carbocycles. The largest absolute Gasteiger partial charge is 0.307 e. The normalized spacial score (nSPS) is 10.6. The highest BCUT2D eigenvalue weighted by Gasteiger charge is 2.13. The van der Waals surface area contributed by atoms with Gasteiger partial charge in [0.05, 0.1) is 5.56 Å². The monoisotopic (exact) mass is 480 g/mol. The summed E-state index contributed by atoms with van der Waals surface area (Å²) in [6.45, 7) is 22.7. The molecule has 0 amide bonds. The van der Waals surface area contributed by atoms with Gasteiger partial charge in [-0.2, -0.15) is 0 Å². The lowest BCUT2D eigenvalue weighted by atomic mass is 9.86. The lowest BCUT2D eigenvalue weighted by Crippen LogP contribution is -2.06. The molecular formula is C30H50F2O2. The van der Waals surface area contributed by atoms with Crippen LogP contribution in [-0.2, 0) is 4.79 Å². The van der Waals surface area contributed by atoms with Crippen molar-refractivity contribution in [1.29, 1.82) is 0 Å². The van der Waals surface area contributed by atoms with Gasteiger partial charge in [-0.1, -0.05) is 117 Å². The Morgan fingerprint density at radius 3 is 1.53 bits per heavy atom. The quantitative estimate of drug-likeness (QED) is 0.300. The fraction of sp³-hybridized carbons (Fsp3) is 0.533. The second kappa shape index (κ2) is 26.9. The topological polar surface area (TPSA) is 34.1 Å². The van der Waals surface area contributed by atoms with Crippen LogP contribution in [-0.4, -0.2) is 12.6 Å². The molecule has 0 aromatic heterocycles. The van der Waals surface area contributed by atoms with Crippen LogP contribution in [0, 0.1) is 17.0 Å². The Labute approximate surface area is 209 Å². The first-order chi connectivity index (χ1) is 16.0. The summed E-state index contributed by atoms with van der Waals surface area (Å²) in [5.41, 5.74) is 1.14. The lowest BCUT2D eigenvalue weighted by molar-refractivity contribution is -0.0980. The van der Waals surface area contributed by atoms with Crippen LogP contribution in [0.3, 0.4) is 0 Å². The SMILES string of the molecule is C=O.CC(=O)c1c(F)cccc1F.CCCC.CCCCC.C\C=C/C(=C\C=C\C)C(C)(C)C. The number of ketones is 1. The van der Waals surface area contributed by atoms with Gasteiger partial charge in [-0.25, -0.2) is 8.78 Å². The van der Waals surface area contributed by atoms with Gasteiger partial charge in [-0.15, -0.1) is 0 Å². The Morgan fingerprint density at radius 2 is 1.32 bits per heavy atom. The van der Waals surface area contributed by atoms with Crippen LogP contribution in [0.4, 0.5) is 8.78 Å². The molecule has 2 nitrogen and oxygen atoms in total. The predicted octanol–water partition coefficient (Wildman–Crippen LogP) is 10.1. The minimum absolute atomic E-state index is 0.242. The molecule has 196 valence electrons. The van der Waals surface area contributed by atoms with E-state index >= 15 is 0 Å². The number of benzene rings is 1. The number of rotatable bonds is 6. The number of hydrogen-bond donors (Lipinski definition) is 0. The second-order valence-corrected chi connectivity index (χ2v) is 8.40. The second-order valence-electron chi connectivity index (χ2n) is 8.40. The van der Waals surface area contributed by atoms with E-state index in [1.54, 1.807) is 0 Å². The van der Waals surface area contributed by atoms with Crippen LogP contribution in [0.5, 0.6) is 0 Å². The van der Waals surface area contributed by atoms with Gasteiger partial charge in [0.15, 0.2) is 5.78 Å². The number of unbranched alkanes of at least 4 members (excludes halogenated alkanes) is 3. The summed E-state index contributed by atoms with van der Waals surface area (Å²) in [4.78, 5) is 18.6. The van der Waals surface area contributed by atoms with Crippen LogP contribution in [0.15, 0.2) is 54.2 Å². The van der Waals surface area contributed by atoms with Crippen molar-refractivity contribution >= 4 is 12.6 Å².